The minimum Gasteiger partial charge on any atom is -0.481 e. The number of amidine groups is 1. The number of carboxylic acid groups (broad SMARTS) is 1. The predicted octanol–water partition coefficient (Wildman–Crippen LogP) is 2.50. The maximum absolute atomic E-state index is 12.2. The van der Waals surface area contributed by atoms with Crippen molar-refractivity contribution in [3.8, 4) is 11.1 Å². The van der Waals surface area contributed by atoms with E-state index in [0.29, 0.717) is 25.1 Å². The molecule has 140 valence electrons. The van der Waals surface area contributed by atoms with Crippen LogP contribution in [0.5, 0.6) is 0 Å². The second kappa shape index (κ2) is 8.03. The predicted molar refractivity (Wildman–Crippen MR) is 104 cm³/mol. The van der Waals surface area contributed by atoms with Gasteiger partial charge < -0.3 is 15.7 Å². The maximum atomic E-state index is 12.2. The molecule has 1 amide bonds. The van der Waals surface area contributed by atoms with Crippen LogP contribution in [0.2, 0.25) is 0 Å². The van der Waals surface area contributed by atoms with Gasteiger partial charge in [-0.15, -0.1) is 0 Å². The Kier molecular flexibility index (Phi) is 5.54. The fourth-order valence-corrected chi connectivity index (χ4v) is 3.40. The van der Waals surface area contributed by atoms with Gasteiger partial charge in [-0.1, -0.05) is 48.5 Å². The number of likely N-dealkylation sites (tertiary alicyclic amines) is 1. The lowest BCUT2D eigenvalue weighted by Crippen LogP contribution is -2.30. The zero-order chi connectivity index (χ0) is 19.4. The molecule has 1 atom stereocenters. The number of nitrogen functional groups attached to an aromatic ring is 1. The summed E-state index contributed by atoms with van der Waals surface area (Å²) in [6.07, 6.45) is 1.29. The van der Waals surface area contributed by atoms with Gasteiger partial charge in [-0.25, -0.2) is 0 Å². The molecule has 1 aliphatic heterocycles. The van der Waals surface area contributed by atoms with Gasteiger partial charge in [0.25, 0.3) is 0 Å². The van der Waals surface area contributed by atoms with Crippen molar-refractivity contribution >= 4 is 17.7 Å². The number of aliphatic carboxylic acids is 1. The van der Waals surface area contributed by atoms with Gasteiger partial charge in [0.15, 0.2) is 0 Å². The van der Waals surface area contributed by atoms with Crippen molar-refractivity contribution in [1.29, 1.82) is 5.41 Å². The molecule has 0 spiro atoms. The Morgan fingerprint density at radius 1 is 1.11 bits per heavy atom. The molecule has 1 unspecified atom stereocenters. The average molecular weight is 365 g/mol. The molecular weight excluding hydrogens is 342 g/mol. The van der Waals surface area contributed by atoms with Crippen LogP contribution in [0, 0.1) is 11.3 Å². The summed E-state index contributed by atoms with van der Waals surface area (Å²) >= 11 is 0. The fourth-order valence-electron chi connectivity index (χ4n) is 3.40. The molecule has 6 nitrogen and oxygen atoms in total. The standard InChI is InChI=1S/C21H23N3O3/c22-20(23)17-7-5-16(6-8-17)15-3-1-14(2-4-15)9-11-24-12-10-18(21(24)27)13-19(25)26/h1-8,18H,9-13H2,(H3,22,23)(H,25,26). The highest BCUT2D eigenvalue weighted by Crippen LogP contribution is 2.23. The number of nitrogens with zero attached hydrogens (tertiary/aromatic N) is 1. The minimum atomic E-state index is -0.915. The first-order valence-corrected chi connectivity index (χ1v) is 8.98. The third kappa shape index (κ3) is 4.53. The topological polar surface area (TPSA) is 107 Å². The molecule has 6 heteroatoms. The number of hydrogen-bond donors (Lipinski definition) is 3. The molecule has 2 aromatic carbocycles. The Morgan fingerprint density at radius 2 is 1.70 bits per heavy atom. The lowest BCUT2D eigenvalue weighted by molar-refractivity contribution is -0.142. The number of hydrogen-bond acceptors (Lipinski definition) is 3. The van der Waals surface area contributed by atoms with E-state index in [9.17, 15) is 9.59 Å². The van der Waals surface area contributed by atoms with Crippen LogP contribution in [0.3, 0.4) is 0 Å². The monoisotopic (exact) mass is 365 g/mol. The summed E-state index contributed by atoms with van der Waals surface area (Å²) in [5.41, 5.74) is 9.44. The number of nitrogens with two attached hydrogens (primary N) is 1. The first-order valence-electron chi connectivity index (χ1n) is 8.98. The Labute approximate surface area is 158 Å². The molecule has 1 saturated heterocycles. The largest absolute Gasteiger partial charge is 0.481 e. The van der Waals surface area contributed by atoms with Crippen molar-refractivity contribution in [1.82, 2.24) is 4.90 Å². The first-order chi connectivity index (χ1) is 12.9. The van der Waals surface area contributed by atoms with Crippen molar-refractivity contribution in [3.63, 3.8) is 0 Å². The van der Waals surface area contributed by atoms with Gasteiger partial charge in [-0.05, 0) is 29.5 Å². The highest BCUT2D eigenvalue weighted by molar-refractivity contribution is 5.95. The lowest BCUT2D eigenvalue weighted by atomic mass is 10.0. The molecule has 4 N–H and O–H groups in total. The summed E-state index contributed by atoms with van der Waals surface area (Å²) in [7, 11) is 0. The fraction of sp³-hybridized carbons (Fsp3) is 0.286. The third-order valence-corrected chi connectivity index (χ3v) is 4.98. The number of carbonyl (C=O) groups excluding carboxylic acids is 1. The van der Waals surface area contributed by atoms with Gasteiger partial charge in [0.1, 0.15) is 5.84 Å². The molecular formula is C21H23N3O3. The zero-order valence-electron chi connectivity index (χ0n) is 15.0. The summed E-state index contributed by atoms with van der Waals surface area (Å²) in [6, 6.07) is 15.7. The smallest absolute Gasteiger partial charge is 0.304 e. The average Bonchev–Trinajstić information content (AvgIpc) is 3.00. The Bertz CT molecular complexity index is 844. The van der Waals surface area contributed by atoms with Crippen molar-refractivity contribution in [3.05, 3.63) is 59.7 Å². The molecule has 1 heterocycles. The van der Waals surface area contributed by atoms with E-state index in [0.717, 1.165) is 23.1 Å². The molecule has 0 saturated carbocycles. The summed E-state index contributed by atoms with van der Waals surface area (Å²) in [5.74, 6) is -1.27. The van der Waals surface area contributed by atoms with E-state index in [4.69, 9.17) is 16.2 Å². The molecule has 0 aromatic heterocycles. The highest BCUT2D eigenvalue weighted by atomic mass is 16.4. The molecule has 27 heavy (non-hydrogen) atoms. The van der Waals surface area contributed by atoms with E-state index in [2.05, 4.69) is 0 Å². The first kappa shape index (κ1) is 18.6. The van der Waals surface area contributed by atoms with E-state index in [1.807, 2.05) is 48.5 Å². The molecule has 0 aliphatic carbocycles. The number of benzene rings is 2. The van der Waals surface area contributed by atoms with Gasteiger partial charge in [-0.3, -0.25) is 15.0 Å². The van der Waals surface area contributed by atoms with Crippen LogP contribution < -0.4 is 5.73 Å². The SMILES string of the molecule is N=C(N)c1ccc(-c2ccc(CCN3CCC(CC(=O)O)C3=O)cc2)cc1. The Hall–Kier alpha value is -3.15. The summed E-state index contributed by atoms with van der Waals surface area (Å²) in [5, 5.41) is 16.3. The Morgan fingerprint density at radius 3 is 2.26 bits per heavy atom. The van der Waals surface area contributed by atoms with Crippen molar-refractivity contribution in [2.24, 2.45) is 11.7 Å². The maximum Gasteiger partial charge on any atom is 0.304 e. The molecule has 2 aromatic rings. The summed E-state index contributed by atoms with van der Waals surface area (Å²) in [4.78, 5) is 24.8. The highest BCUT2D eigenvalue weighted by Gasteiger charge is 2.32. The van der Waals surface area contributed by atoms with Crippen molar-refractivity contribution in [2.75, 3.05) is 13.1 Å². The summed E-state index contributed by atoms with van der Waals surface area (Å²) < 4.78 is 0. The molecule has 0 bridgehead atoms. The summed E-state index contributed by atoms with van der Waals surface area (Å²) in [6.45, 7) is 1.25. The number of nitrogens with one attached hydrogen (secondary N) is 1. The van der Waals surface area contributed by atoms with Crippen LogP contribution in [0.4, 0.5) is 0 Å². The quantitative estimate of drug-likeness (QED) is 0.517. The van der Waals surface area contributed by atoms with Crippen LogP contribution in [0.1, 0.15) is 24.0 Å². The van der Waals surface area contributed by atoms with E-state index in [1.165, 1.54) is 0 Å². The molecule has 0 radical (unpaired) electrons. The van der Waals surface area contributed by atoms with Gasteiger partial charge in [0.2, 0.25) is 5.91 Å². The molecule has 1 aliphatic rings. The molecule has 1 fully saturated rings. The van der Waals surface area contributed by atoms with Gasteiger partial charge in [0.05, 0.1) is 12.3 Å². The number of rotatable bonds is 7. The van der Waals surface area contributed by atoms with E-state index >= 15 is 0 Å². The van der Waals surface area contributed by atoms with Crippen molar-refractivity contribution < 1.29 is 14.7 Å². The second-order valence-electron chi connectivity index (χ2n) is 6.85. The second-order valence-corrected chi connectivity index (χ2v) is 6.85. The number of carbonyl (C=O) groups is 2. The minimum absolute atomic E-state index is 0.0421. The third-order valence-electron chi connectivity index (χ3n) is 4.98. The van der Waals surface area contributed by atoms with Gasteiger partial charge in [0, 0.05) is 18.7 Å². The van der Waals surface area contributed by atoms with E-state index in [1.54, 1.807) is 4.90 Å². The number of carboxylic acids is 1. The number of amides is 1. The Balaban J connectivity index is 1.57. The van der Waals surface area contributed by atoms with Crippen molar-refractivity contribution in [2.45, 2.75) is 19.3 Å². The van der Waals surface area contributed by atoms with Gasteiger partial charge in [-0.2, -0.15) is 0 Å². The van der Waals surface area contributed by atoms with Crippen LogP contribution in [-0.2, 0) is 16.0 Å². The molecule has 3 rings (SSSR count). The van der Waals surface area contributed by atoms with Gasteiger partial charge >= 0.3 is 5.97 Å². The van der Waals surface area contributed by atoms with Crippen LogP contribution in [0.15, 0.2) is 48.5 Å². The normalized spacial score (nSPS) is 16.5. The van der Waals surface area contributed by atoms with Crippen LogP contribution in [0.25, 0.3) is 11.1 Å². The van der Waals surface area contributed by atoms with E-state index in [-0.39, 0.29) is 24.1 Å². The zero-order valence-corrected chi connectivity index (χ0v) is 15.0. The van der Waals surface area contributed by atoms with Crippen LogP contribution in [-0.4, -0.2) is 40.8 Å². The van der Waals surface area contributed by atoms with E-state index < -0.39 is 5.97 Å². The lowest BCUT2D eigenvalue weighted by Gasteiger charge is -2.16. The van der Waals surface area contributed by atoms with Crippen LogP contribution >= 0.6 is 0 Å².